The molecule has 0 spiro atoms. The molecule has 2 aromatic carbocycles. The lowest BCUT2D eigenvalue weighted by atomic mass is 10.1. The molecule has 0 radical (unpaired) electrons. The first kappa shape index (κ1) is 23.3. The van der Waals surface area contributed by atoms with Gasteiger partial charge in [-0.2, -0.15) is 0 Å². The summed E-state index contributed by atoms with van der Waals surface area (Å²) < 4.78 is 24.3. The Hall–Kier alpha value is -2.90. The molecule has 0 unspecified atom stereocenters. The Balaban J connectivity index is 1.38. The molecule has 2 aromatic rings. The van der Waals surface area contributed by atoms with Gasteiger partial charge in [0.2, 0.25) is 0 Å². The summed E-state index contributed by atoms with van der Waals surface area (Å²) in [6.45, 7) is 5.93. The van der Waals surface area contributed by atoms with Gasteiger partial charge in [0.25, 0.3) is 5.91 Å². The first-order valence-electron chi connectivity index (χ1n) is 10.9. The summed E-state index contributed by atoms with van der Waals surface area (Å²) in [6, 6.07) is 11.7. The molecule has 4 rings (SSSR count). The number of piperazine rings is 1. The summed E-state index contributed by atoms with van der Waals surface area (Å²) in [7, 11) is 0. The summed E-state index contributed by atoms with van der Waals surface area (Å²) in [4.78, 5) is 28.6. The van der Waals surface area contributed by atoms with Crippen LogP contribution in [0.5, 0.6) is 5.75 Å². The van der Waals surface area contributed by atoms with Crippen molar-refractivity contribution in [1.82, 2.24) is 9.80 Å². The van der Waals surface area contributed by atoms with Gasteiger partial charge in [-0.25, -0.2) is 4.39 Å². The maximum absolute atomic E-state index is 13.2. The van der Waals surface area contributed by atoms with E-state index in [0.717, 1.165) is 5.56 Å². The number of cyclic esters (lactones) is 1. The summed E-state index contributed by atoms with van der Waals surface area (Å²) in [5, 5.41) is 0.479. The first-order valence-corrected chi connectivity index (χ1v) is 11.3. The molecule has 2 aliphatic heterocycles. The van der Waals surface area contributed by atoms with E-state index in [0.29, 0.717) is 41.7 Å². The van der Waals surface area contributed by atoms with Crippen LogP contribution in [0.4, 0.5) is 4.39 Å². The van der Waals surface area contributed by atoms with Gasteiger partial charge in [0, 0.05) is 36.7 Å². The van der Waals surface area contributed by atoms with Gasteiger partial charge in [-0.3, -0.25) is 14.5 Å². The SMILES string of the molecule is C[C@@H]1CN(Cc2ccc(F)cc2)[C@@H](C)CN1C(=O)COc1ccc(Cl)cc1C1=CCC(=O)O1. The van der Waals surface area contributed by atoms with Crippen LogP contribution in [0.3, 0.4) is 0 Å². The van der Waals surface area contributed by atoms with Crippen LogP contribution in [0.2, 0.25) is 5.02 Å². The van der Waals surface area contributed by atoms with Crippen molar-refractivity contribution in [3.8, 4) is 5.75 Å². The molecule has 1 fully saturated rings. The minimum Gasteiger partial charge on any atom is -0.483 e. The maximum atomic E-state index is 13.2. The lowest BCUT2D eigenvalue weighted by Gasteiger charge is -2.44. The zero-order valence-electron chi connectivity index (χ0n) is 18.6. The van der Waals surface area contributed by atoms with Crippen molar-refractivity contribution in [2.45, 2.75) is 38.9 Å². The molecule has 174 valence electrons. The zero-order valence-corrected chi connectivity index (χ0v) is 19.3. The lowest BCUT2D eigenvalue weighted by Crippen LogP contribution is -2.58. The highest BCUT2D eigenvalue weighted by molar-refractivity contribution is 6.30. The van der Waals surface area contributed by atoms with Crippen LogP contribution in [0.1, 0.15) is 31.4 Å². The van der Waals surface area contributed by atoms with Crippen molar-refractivity contribution in [3.63, 3.8) is 0 Å². The van der Waals surface area contributed by atoms with Gasteiger partial charge < -0.3 is 14.4 Å². The Morgan fingerprint density at radius 2 is 1.91 bits per heavy atom. The van der Waals surface area contributed by atoms with E-state index < -0.39 is 0 Å². The first-order chi connectivity index (χ1) is 15.8. The van der Waals surface area contributed by atoms with E-state index >= 15 is 0 Å². The maximum Gasteiger partial charge on any atom is 0.315 e. The quantitative estimate of drug-likeness (QED) is 0.588. The summed E-state index contributed by atoms with van der Waals surface area (Å²) in [5.41, 5.74) is 1.59. The summed E-state index contributed by atoms with van der Waals surface area (Å²) >= 11 is 6.11. The molecular weight excluding hydrogens is 447 g/mol. The Labute approximate surface area is 197 Å². The third-order valence-electron chi connectivity index (χ3n) is 5.97. The molecule has 0 bridgehead atoms. The number of benzene rings is 2. The normalized spacial score (nSPS) is 21.0. The van der Waals surface area contributed by atoms with Gasteiger partial charge in [-0.05, 0) is 55.8 Å². The Morgan fingerprint density at radius 3 is 2.61 bits per heavy atom. The smallest absolute Gasteiger partial charge is 0.315 e. The average Bonchev–Trinajstić information content (AvgIpc) is 3.22. The number of ether oxygens (including phenoxy) is 2. The van der Waals surface area contributed by atoms with E-state index in [9.17, 15) is 14.0 Å². The van der Waals surface area contributed by atoms with Gasteiger partial charge in [0.1, 0.15) is 17.3 Å². The minimum atomic E-state index is -0.340. The van der Waals surface area contributed by atoms with Gasteiger partial charge in [0.05, 0.1) is 12.0 Å². The molecular formula is C25H26ClFN2O4. The molecule has 2 atom stereocenters. The Morgan fingerprint density at radius 1 is 1.15 bits per heavy atom. The zero-order chi connectivity index (χ0) is 23.5. The highest BCUT2D eigenvalue weighted by atomic mass is 35.5. The van der Waals surface area contributed by atoms with E-state index in [-0.39, 0.29) is 42.8 Å². The van der Waals surface area contributed by atoms with Gasteiger partial charge in [-0.15, -0.1) is 0 Å². The fourth-order valence-corrected chi connectivity index (χ4v) is 4.35. The van der Waals surface area contributed by atoms with Crippen molar-refractivity contribution < 1.29 is 23.5 Å². The Bertz CT molecular complexity index is 1070. The molecule has 0 aliphatic carbocycles. The van der Waals surface area contributed by atoms with E-state index in [4.69, 9.17) is 21.1 Å². The van der Waals surface area contributed by atoms with Crippen molar-refractivity contribution in [3.05, 3.63) is 70.5 Å². The standard InChI is InChI=1S/C25H26ClFN2O4/c1-16-13-29(17(2)12-28(16)14-18-3-6-20(27)7-4-18)24(30)15-32-22-8-5-19(26)11-21(22)23-9-10-25(31)33-23/h3-9,11,16-17H,10,12-15H2,1-2H3/t16-,17+/m0/s1. The van der Waals surface area contributed by atoms with Crippen LogP contribution in [0, 0.1) is 5.82 Å². The van der Waals surface area contributed by atoms with Gasteiger partial charge >= 0.3 is 5.97 Å². The van der Waals surface area contributed by atoms with Crippen molar-refractivity contribution in [2.75, 3.05) is 19.7 Å². The molecule has 0 aromatic heterocycles. The molecule has 2 aliphatic rings. The number of halogens is 2. The largest absolute Gasteiger partial charge is 0.483 e. The molecule has 0 saturated carbocycles. The second kappa shape index (κ2) is 9.93. The second-order valence-corrected chi connectivity index (χ2v) is 8.91. The van der Waals surface area contributed by atoms with Crippen LogP contribution in [0.25, 0.3) is 5.76 Å². The number of amides is 1. The number of hydrogen-bond acceptors (Lipinski definition) is 5. The van der Waals surface area contributed by atoms with Gasteiger partial charge in [-0.1, -0.05) is 23.7 Å². The number of rotatable bonds is 6. The predicted octanol–water partition coefficient (Wildman–Crippen LogP) is 4.27. The molecule has 33 heavy (non-hydrogen) atoms. The van der Waals surface area contributed by atoms with Crippen LogP contribution >= 0.6 is 11.6 Å². The fourth-order valence-electron chi connectivity index (χ4n) is 4.18. The minimum absolute atomic E-state index is 0.000863. The third kappa shape index (κ3) is 5.54. The number of carbonyl (C=O) groups is 2. The van der Waals surface area contributed by atoms with Crippen LogP contribution in [-0.2, 0) is 20.9 Å². The van der Waals surface area contributed by atoms with E-state index in [2.05, 4.69) is 11.8 Å². The molecule has 8 heteroatoms. The van der Waals surface area contributed by atoms with Crippen molar-refractivity contribution in [2.24, 2.45) is 0 Å². The molecule has 1 saturated heterocycles. The van der Waals surface area contributed by atoms with Crippen molar-refractivity contribution in [1.29, 1.82) is 0 Å². The lowest BCUT2D eigenvalue weighted by molar-refractivity contribution is -0.139. The van der Waals surface area contributed by atoms with E-state index in [1.54, 1.807) is 36.4 Å². The third-order valence-corrected chi connectivity index (χ3v) is 6.21. The summed E-state index contributed by atoms with van der Waals surface area (Å²) in [5.74, 6) is 0.120. The van der Waals surface area contributed by atoms with Gasteiger partial charge in [0.15, 0.2) is 6.61 Å². The topological polar surface area (TPSA) is 59.1 Å². The molecule has 0 N–H and O–H groups in total. The number of esters is 1. The van der Waals surface area contributed by atoms with Crippen LogP contribution in [0.15, 0.2) is 48.5 Å². The Kier molecular flexibility index (Phi) is 7.00. The van der Waals surface area contributed by atoms with E-state index in [1.807, 2.05) is 11.8 Å². The molecule has 2 heterocycles. The number of carbonyl (C=O) groups excluding carboxylic acids is 2. The van der Waals surface area contributed by atoms with Crippen LogP contribution in [-0.4, -0.2) is 53.5 Å². The fraction of sp³-hybridized carbons (Fsp3) is 0.360. The van der Waals surface area contributed by atoms with Crippen LogP contribution < -0.4 is 4.74 Å². The van der Waals surface area contributed by atoms with E-state index in [1.165, 1.54) is 12.1 Å². The highest BCUT2D eigenvalue weighted by Gasteiger charge is 2.32. The summed E-state index contributed by atoms with van der Waals surface area (Å²) in [6.07, 6.45) is 1.87. The number of hydrogen-bond donors (Lipinski definition) is 0. The molecule has 1 amide bonds. The number of nitrogens with zero attached hydrogens (tertiary/aromatic N) is 2. The average molecular weight is 473 g/mol. The molecule has 6 nitrogen and oxygen atoms in total. The predicted molar refractivity (Wildman–Crippen MR) is 123 cm³/mol. The van der Waals surface area contributed by atoms with Crippen molar-refractivity contribution >= 4 is 29.2 Å². The second-order valence-electron chi connectivity index (χ2n) is 8.48. The monoisotopic (exact) mass is 472 g/mol. The highest BCUT2D eigenvalue weighted by Crippen LogP contribution is 2.33.